The monoisotopic (exact) mass is 487 g/mol. The summed E-state index contributed by atoms with van der Waals surface area (Å²) in [5, 5.41) is 14.4. The van der Waals surface area contributed by atoms with Gasteiger partial charge in [-0.25, -0.2) is 4.79 Å². The van der Waals surface area contributed by atoms with Gasteiger partial charge in [0.25, 0.3) is 0 Å². The number of nitrogens with zero attached hydrogens (tertiary/aromatic N) is 3. The lowest BCUT2D eigenvalue weighted by Gasteiger charge is -2.33. The van der Waals surface area contributed by atoms with Crippen molar-refractivity contribution in [3.8, 4) is 17.6 Å². The Morgan fingerprint density at radius 2 is 1.92 bits per heavy atom. The summed E-state index contributed by atoms with van der Waals surface area (Å²) >= 11 is 0. The summed E-state index contributed by atoms with van der Waals surface area (Å²) in [6.45, 7) is 9.07. The van der Waals surface area contributed by atoms with E-state index in [-0.39, 0.29) is 6.09 Å². The average molecular weight is 488 g/mol. The molecule has 36 heavy (non-hydrogen) atoms. The van der Waals surface area contributed by atoms with E-state index in [2.05, 4.69) is 11.2 Å². The van der Waals surface area contributed by atoms with Crippen LogP contribution in [0.4, 0.5) is 4.79 Å². The Morgan fingerprint density at radius 3 is 2.56 bits per heavy atom. The summed E-state index contributed by atoms with van der Waals surface area (Å²) in [7, 11) is 0. The number of carbonyl (C=O) groups is 1. The Bertz CT molecular complexity index is 1270. The van der Waals surface area contributed by atoms with E-state index >= 15 is 0 Å². The highest BCUT2D eigenvalue weighted by atomic mass is 16.6. The highest BCUT2D eigenvalue weighted by Crippen LogP contribution is 2.35. The molecule has 0 aliphatic carbocycles. The zero-order valence-electron chi connectivity index (χ0n) is 21.4. The second-order valence-electron chi connectivity index (χ2n) is 10.2. The molecule has 0 atom stereocenters. The molecule has 1 saturated heterocycles. The SMILES string of the molecule is C/C=C/c1c(Oc2ccc(C#N)cc2)ccc2c(CCC3CCN(C(=O)OC(C)(C)C)CC3)noc12. The van der Waals surface area contributed by atoms with Gasteiger partial charge >= 0.3 is 6.09 Å². The van der Waals surface area contributed by atoms with Crippen molar-refractivity contribution in [1.29, 1.82) is 5.26 Å². The van der Waals surface area contributed by atoms with Crippen molar-refractivity contribution in [1.82, 2.24) is 10.1 Å². The first-order valence-electron chi connectivity index (χ1n) is 12.5. The highest BCUT2D eigenvalue weighted by Gasteiger charge is 2.27. The van der Waals surface area contributed by atoms with E-state index in [9.17, 15) is 4.79 Å². The van der Waals surface area contributed by atoms with Crippen LogP contribution in [0, 0.1) is 17.2 Å². The van der Waals surface area contributed by atoms with Crippen LogP contribution in [0.3, 0.4) is 0 Å². The van der Waals surface area contributed by atoms with Crippen LogP contribution in [0.5, 0.6) is 11.5 Å². The molecule has 0 radical (unpaired) electrons. The van der Waals surface area contributed by atoms with Crippen molar-refractivity contribution >= 4 is 23.1 Å². The Hall–Kier alpha value is -3.79. The van der Waals surface area contributed by atoms with Crippen LogP contribution < -0.4 is 4.74 Å². The molecule has 7 nitrogen and oxygen atoms in total. The summed E-state index contributed by atoms with van der Waals surface area (Å²) in [5.74, 6) is 1.85. The minimum Gasteiger partial charge on any atom is -0.457 e. The number of piperidine rings is 1. The maximum atomic E-state index is 12.3. The first kappa shape index (κ1) is 25.3. The summed E-state index contributed by atoms with van der Waals surface area (Å²) < 4.78 is 17.4. The fraction of sp³-hybridized carbons (Fsp3) is 0.414. The van der Waals surface area contributed by atoms with Crippen LogP contribution >= 0.6 is 0 Å². The van der Waals surface area contributed by atoms with E-state index in [1.807, 2.05) is 56.9 Å². The Kier molecular flexibility index (Phi) is 7.64. The number of aromatic nitrogens is 1. The smallest absolute Gasteiger partial charge is 0.410 e. The van der Waals surface area contributed by atoms with Crippen molar-refractivity contribution in [2.45, 2.75) is 59.0 Å². The second kappa shape index (κ2) is 10.9. The van der Waals surface area contributed by atoms with Gasteiger partial charge in [0.15, 0.2) is 5.58 Å². The summed E-state index contributed by atoms with van der Waals surface area (Å²) in [6.07, 6.45) is 7.41. The molecule has 0 saturated carbocycles. The van der Waals surface area contributed by atoms with Crippen molar-refractivity contribution < 1.29 is 18.8 Å². The van der Waals surface area contributed by atoms with Crippen molar-refractivity contribution in [3.63, 3.8) is 0 Å². The highest BCUT2D eigenvalue weighted by molar-refractivity contribution is 5.90. The summed E-state index contributed by atoms with van der Waals surface area (Å²) in [4.78, 5) is 14.1. The number of nitriles is 1. The Balaban J connectivity index is 1.42. The molecule has 1 aliphatic rings. The average Bonchev–Trinajstić information content (AvgIpc) is 3.27. The van der Waals surface area contributed by atoms with Gasteiger partial charge in [-0.2, -0.15) is 5.26 Å². The van der Waals surface area contributed by atoms with E-state index in [0.717, 1.165) is 55.4 Å². The predicted octanol–water partition coefficient (Wildman–Crippen LogP) is 7.10. The lowest BCUT2D eigenvalue weighted by molar-refractivity contribution is 0.0181. The van der Waals surface area contributed by atoms with E-state index in [1.165, 1.54) is 0 Å². The van der Waals surface area contributed by atoms with Crippen molar-refractivity contribution in [2.75, 3.05) is 13.1 Å². The number of aryl methyl sites for hydroxylation is 1. The summed E-state index contributed by atoms with van der Waals surface area (Å²) in [5.41, 5.74) is 2.59. The van der Waals surface area contributed by atoms with Crippen LogP contribution in [0.1, 0.15) is 63.8 Å². The van der Waals surface area contributed by atoms with Gasteiger partial charge in [-0.15, -0.1) is 0 Å². The maximum Gasteiger partial charge on any atom is 0.410 e. The lowest BCUT2D eigenvalue weighted by atomic mass is 9.91. The molecule has 1 aliphatic heterocycles. The Labute approximate surface area is 212 Å². The molecular formula is C29H33N3O4. The van der Waals surface area contributed by atoms with E-state index < -0.39 is 5.60 Å². The van der Waals surface area contributed by atoms with Gasteiger partial charge in [-0.3, -0.25) is 0 Å². The van der Waals surface area contributed by atoms with E-state index in [4.69, 9.17) is 19.3 Å². The molecule has 0 bridgehead atoms. The Morgan fingerprint density at radius 1 is 1.19 bits per heavy atom. The molecule has 0 spiro atoms. The topological polar surface area (TPSA) is 88.6 Å². The number of likely N-dealkylation sites (tertiary alicyclic amines) is 1. The normalized spacial score (nSPS) is 14.8. The third kappa shape index (κ3) is 6.06. The molecule has 0 N–H and O–H groups in total. The minimum atomic E-state index is -0.472. The van der Waals surface area contributed by atoms with E-state index in [1.54, 1.807) is 24.3 Å². The molecular weight excluding hydrogens is 454 g/mol. The molecule has 0 unspecified atom stereocenters. The molecule has 1 fully saturated rings. The zero-order valence-corrected chi connectivity index (χ0v) is 21.4. The molecule has 188 valence electrons. The zero-order chi connectivity index (χ0) is 25.7. The van der Waals surface area contributed by atoms with Gasteiger partial charge in [0.1, 0.15) is 17.1 Å². The minimum absolute atomic E-state index is 0.223. The molecule has 2 heterocycles. The third-order valence-corrected chi connectivity index (χ3v) is 6.31. The molecule has 1 amide bonds. The molecule has 2 aromatic carbocycles. The molecule has 7 heteroatoms. The third-order valence-electron chi connectivity index (χ3n) is 6.31. The number of amides is 1. The van der Waals surface area contributed by atoms with Gasteiger partial charge in [0.2, 0.25) is 0 Å². The molecule has 4 rings (SSSR count). The van der Waals surface area contributed by atoms with Crippen LogP contribution in [-0.4, -0.2) is 34.8 Å². The lowest BCUT2D eigenvalue weighted by Crippen LogP contribution is -2.41. The number of allylic oxidation sites excluding steroid dienone is 1. The molecule has 1 aromatic heterocycles. The molecule has 3 aromatic rings. The number of ether oxygens (including phenoxy) is 2. The second-order valence-corrected chi connectivity index (χ2v) is 10.2. The summed E-state index contributed by atoms with van der Waals surface area (Å²) in [6, 6.07) is 13.1. The predicted molar refractivity (Wildman–Crippen MR) is 139 cm³/mol. The number of carbonyl (C=O) groups excluding carboxylic acids is 1. The van der Waals surface area contributed by atoms with Crippen LogP contribution in [-0.2, 0) is 11.2 Å². The number of benzene rings is 2. The fourth-order valence-electron chi connectivity index (χ4n) is 4.45. The van der Waals surface area contributed by atoms with Gasteiger partial charge < -0.3 is 18.9 Å². The van der Waals surface area contributed by atoms with Crippen molar-refractivity contribution in [3.05, 3.63) is 59.3 Å². The van der Waals surface area contributed by atoms with Gasteiger partial charge in [0, 0.05) is 18.5 Å². The standard InChI is InChI=1S/C29H33N3O4/c1-5-6-24-26(34-22-10-7-21(19-30)8-11-22)14-12-23-25(31-36-27(23)24)13-9-20-15-17-32(18-16-20)28(33)35-29(2,3)4/h5-8,10-12,14,20H,9,13,15-18H2,1-4H3/b6-5+. The maximum absolute atomic E-state index is 12.3. The van der Waals surface area contributed by atoms with Gasteiger partial charge in [0.05, 0.1) is 22.9 Å². The van der Waals surface area contributed by atoms with Crippen LogP contribution in [0.2, 0.25) is 0 Å². The number of hydrogen-bond donors (Lipinski definition) is 0. The fourth-order valence-corrected chi connectivity index (χ4v) is 4.45. The van der Waals surface area contributed by atoms with Gasteiger partial charge in [-0.05, 0) is 95.7 Å². The van der Waals surface area contributed by atoms with Crippen LogP contribution in [0.25, 0.3) is 17.0 Å². The van der Waals surface area contributed by atoms with E-state index in [0.29, 0.717) is 28.6 Å². The number of rotatable bonds is 6. The van der Waals surface area contributed by atoms with Gasteiger partial charge in [-0.1, -0.05) is 17.3 Å². The first-order chi connectivity index (χ1) is 17.3. The first-order valence-corrected chi connectivity index (χ1v) is 12.5. The number of hydrogen-bond acceptors (Lipinski definition) is 6. The quantitative estimate of drug-likeness (QED) is 0.368. The van der Waals surface area contributed by atoms with Crippen LogP contribution in [0.15, 0.2) is 47.0 Å². The number of fused-ring (bicyclic) bond motifs is 1. The van der Waals surface area contributed by atoms with Crippen molar-refractivity contribution in [2.24, 2.45) is 5.92 Å². The largest absolute Gasteiger partial charge is 0.457 e.